The van der Waals surface area contributed by atoms with Crippen LogP contribution in [0.25, 0.3) is 0 Å². The molecule has 0 fully saturated rings. The van der Waals surface area contributed by atoms with Gasteiger partial charge in [-0.3, -0.25) is 4.79 Å². The van der Waals surface area contributed by atoms with E-state index in [0.29, 0.717) is 19.0 Å². The third-order valence-electron chi connectivity index (χ3n) is 3.13. The van der Waals surface area contributed by atoms with E-state index in [9.17, 15) is 9.59 Å². The van der Waals surface area contributed by atoms with Crippen LogP contribution in [0.4, 0.5) is 4.79 Å². The first-order valence-corrected chi connectivity index (χ1v) is 7.68. The molecule has 0 aliphatic heterocycles. The molecule has 6 heteroatoms. The van der Waals surface area contributed by atoms with E-state index in [4.69, 9.17) is 9.84 Å². The molecule has 2 amide bonds. The Labute approximate surface area is 127 Å². The SMILES string of the molecule is COCCCCCNC(=O)NC[C@H](CC(=O)O)CC(C)C. The minimum absolute atomic E-state index is 0.0186. The lowest BCUT2D eigenvalue weighted by Crippen LogP contribution is -2.39. The number of unbranched alkanes of at least 4 members (excludes halogenated alkanes) is 2. The van der Waals surface area contributed by atoms with Crippen LogP contribution < -0.4 is 10.6 Å². The van der Waals surface area contributed by atoms with Crippen molar-refractivity contribution in [2.45, 2.75) is 46.0 Å². The molecule has 0 spiro atoms. The topological polar surface area (TPSA) is 87.7 Å². The van der Waals surface area contributed by atoms with Gasteiger partial charge in [0.05, 0.1) is 0 Å². The zero-order chi connectivity index (χ0) is 16.1. The van der Waals surface area contributed by atoms with E-state index in [2.05, 4.69) is 24.5 Å². The fourth-order valence-electron chi connectivity index (χ4n) is 2.20. The minimum Gasteiger partial charge on any atom is -0.481 e. The van der Waals surface area contributed by atoms with Crippen molar-refractivity contribution in [2.75, 3.05) is 26.8 Å². The van der Waals surface area contributed by atoms with Crippen molar-refractivity contribution in [3.63, 3.8) is 0 Å². The summed E-state index contributed by atoms with van der Waals surface area (Å²) in [5.74, 6) is -0.420. The van der Waals surface area contributed by atoms with E-state index in [1.54, 1.807) is 7.11 Å². The fourth-order valence-corrected chi connectivity index (χ4v) is 2.20. The van der Waals surface area contributed by atoms with Crippen molar-refractivity contribution in [3.8, 4) is 0 Å². The molecule has 0 unspecified atom stereocenters. The van der Waals surface area contributed by atoms with E-state index in [1.165, 1.54) is 0 Å². The van der Waals surface area contributed by atoms with E-state index >= 15 is 0 Å². The van der Waals surface area contributed by atoms with Gasteiger partial charge in [-0.25, -0.2) is 4.79 Å². The van der Waals surface area contributed by atoms with Crippen molar-refractivity contribution in [3.05, 3.63) is 0 Å². The monoisotopic (exact) mass is 302 g/mol. The zero-order valence-electron chi connectivity index (χ0n) is 13.5. The van der Waals surface area contributed by atoms with E-state index in [1.807, 2.05) is 0 Å². The molecule has 0 rings (SSSR count). The Bertz CT molecular complexity index is 295. The Morgan fingerprint density at radius 3 is 2.43 bits per heavy atom. The fraction of sp³-hybridized carbons (Fsp3) is 0.867. The number of carbonyl (C=O) groups is 2. The average Bonchev–Trinajstić information content (AvgIpc) is 2.38. The summed E-state index contributed by atoms with van der Waals surface area (Å²) >= 11 is 0. The van der Waals surface area contributed by atoms with Crippen LogP contribution in [0.1, 0.15) is 46.0 Å². The Hall–Kier alpha value is -1.30. The van der Waals surface area contributed by atoms with Crippen molar-refractivity contribution >= 4 is 12.0 Å². The number of hydrogen-bond acceptors (Lipinski definition) is 3. The lowest BCUT2D eigenvalue weighted by atomic mass is 9.94. The number of urea groups is 1. The molecular weight excluding hydrogens is 272 g/mol. The zero-order valence-corrected chi connectivity index (χ0v) is 13.5. The summed E-state index contributed by atoms with van der Waals surface area (Å²) in [6.07, 6.45) is 3.82. The van der Waals surface area contributed by atoms with E-state index < -0.39 is 5.97 Å². The van der Waals surface area contributed by atoms with E-state index in [-0.39, 0.29) is 18.4 Å². The van der Waals surface area contributed by atoms with Crippen LogP contribution in [0.3, 0.4) is 0 Å². The highest BCUT2D eigenvalue weighted by Crippen LogP contribution is 2.14. The highest BCUT2D eigenvalue weighted by atomic mass is 16.5. The van der Waals surface area contributed by atoms with Gasteiger partial charge in [-0.2, -0.15) is 0 Å². The van der Waals surface area contributed by atoms with Gasteiger partial charge in [0.1, 0.15) is 0 Å². The number of ether oxygens (including phenoxy) is 1. The number of rotatable bonds is 12. The van der Waals surface area contributed by atoms with Crippen LogP contribution in [0.5, 0.6) is 0 Å². The van der Waals surface area contributed by atoms with Gasteiger partial charge >= 0.3 is 12.0 Å². The van der Waals surface area contributed by atoms with Crippen molar-refractivity contribution in [2.24, 2.45) is 11.8 Å². The highest BCUT2D eigenvalue weighted by molar-refractivity contribution is 5.74. The highest BCUT2D eigenvalue weighted by Gasteiger charge is 2.15. The van der Waals surface area contributed by atoms with Gasteiger partial charge in [0.25, 0.3) is 0 Å². The standard InChI is InChI=1S/C15H30N2O4/c1-12(2)9-13(10-14(18)19)11-17-15(20)16-7-5-4-6-8-21-3/h12-13H,4-11H2,1-3H3,(H,18,19)(H2,16,17,20)/t13-/m0/s1. The van der Waals surface area contributed by atoms with Crippen LogP contribution >= 0.6 is 0 Å². The van der Waals surface area contributed by atoms with E-state index in [0.717, 1.165) is 32.3 Å². The molecule has 0 heterocycles. The summed E-state index contributed by atoms with van der Waals surface area (Å²) in [4.78, 5) is 22.4. The average molecular weight is 302 g/mol. The molecule has 0 saturated carbocycles. The van der Waals surface area contributed by atoms with Crippen molar-refractivity contribution < 1.29 is 19.4 Å². The summed E-state index contributed by atoms with van der Waals surface area (Å²) in [5.41, 5.74) is 0. The van der Waals surface area contributed by atoms with Crippen LogP contribution in [0.2, 0.25) is 0 Å². The quantitative estimate of drug-likeness (QED) is 0.482. The van der Waals surface area contributed by atoms with Gasteiger partial charge in [-0.05, 0) is 37.5 Å². The first-order chi connectivity index (χ1) is 9.95. The summed E-state index contributed by atoms with van der Waals surface area (Å²) in [5, 5.41) is 14.4. The molecule has 0 aliphatic rings. The predicted molar refractivity (Wildman–Crippen MR) is 82.3 cm³/mol. The molecule has 21 heavy (non-hydrogen) atoms. The first-order valence-electron chi connectivity index (χ1n) is 7.68. The molecule has 124 valence electrons. The second-order valence-electron chi connectivity index (χ2n) is 5.78. The molecule has 0 aromatic heterocycles. The third-order valence-corrected chi connectivity index (χ3v) is 3.13. The van der Waals surface area contributed by atoms with Crippen LogP contribution in [-0.4, -0.2) is 43.9 Å². The Morgan fingerprint density at radius 2 is 1.86 bits per heavy atom. The first kappa shape index (κ1) is 19.7. The Morgan fingerprint density at radius 1 is 1.14 bits per heavy atom. The molecule has 6 nitrogen and oxygen atoms in total. The number of amides is 2. The summed E-state index contributed by atoms with van der Waals surface area (Å²) in [7, 11) is 1.68. The molecule has 0 aromatic carbocycles. The Balaban J connectivity index is 3.78. The summed E-state index contributed by atoms with van der Waals surface area (Å²) in [6.45, 7) is 5.88. The molecule has 3 N–H and O–H groups in total. The number of carboxylic acids is 1. The number of carbonyl (C=O) groups excluding carboxylic acids is 1. The number of aliphatic carboxylic acids is 1. The summed E-state index contributed by atoms with van der Waals surface area (Å²) < 4.78 is 4.95. The number of carboxylic acid groups (broad SMARTS) is 1. The second-order valence-corrected chi connectivity index (χ2v) is 5.78. The van der Waals surface area contributed by atoms with Gasteiger partial charge < -0.3 is 20.5 Å². The molecule has 1 atom stereocenters. The second kappa shape index (κ2) is 12.4. The van der Waals surface area contributed by atoms with Gasteiger partial charge in [-0.1, -0.05) is 13.8 Å². The van der Waals surface area contributed by atoms with Gasteiger partial charge in [-0.15, -0.1) is 0 Å². The van der Waals surface area contributed by atoms with Crippen LogP contribution in [-0.2, 0) is 9.53 Å². The van der Waals surface area contributed by atoms with Gasteiger partial charge in [0.15, 0.2) is 0 Å². The molecule has 0 aliphatic carbocycles. The normalized spacial score (nSPS) is 12.2. The lowest BCUT2D eigenvalue weighted by molar-refractivity contribution is -0.138. The van der Waals surface area contributed by atoms with Crippen LogP contribution in [0, 0.1) is 11.8 Å². The molecule has 0 bridgehead atoms. The Kier molecular flexibility index (Phi) is 11.7. The summed E-state index contributed by atoms with van der Waals surface area (Å²) in [6, 6.07) is -0.221. The minimum atomic E-state index is -0.819. The van der Waals surface area contributed by atoms with Gasteiger partial charge in [0.2, 0.25) is 0 Å². The predicted octanol–water partition coefficient (Wildman–Crippen LogP) is 2.24. The van der Waals surface area contributed by atoms with Gasteiger partial charge in [0, 0.05) is 33.2 Å². The molecule has 0 radical (unpaired) electrons. The molecule has 0 saturated heterocycles. The van der Waals surface area contributed by atoms with Crippen molar-refractivity contribution in [1.82, 2.24) is 10.6 Å². The maximum absolute atomic E-state index is 11.6. The maximum Gasteiger partial charge on any atom is 0.314 e. The maximum atomic E-state index is 11.6. The lowest BCUT2D eigenvalue weighted by Gasteiger charge is -2.18. The largest absolute Gasteiger partial charge is 0.481 e. The molecular formula is C15H30N2O4. The molecule has 0 aromatic rings. The van der Waals surface area contributed by atoms with Crippen molar-refractivity contribution in [1.29, 1.82) is 0 Å². The number of methoxy groups -OCH3 is 1. The third kappa shape index (κ3) is 13.4. The number of nitrogens with one attached hydrogen (secondary N) is 2. The van der Waals surface area contributed by atoms with Crippen LogP contribution in [0.15, 0.2) is 0 Å². The number of hydrogen-bond donors (Lipinski definition) is 3. The smallest absolute Gasteiger partial charge is 0.314 e.